The minimum absolute atomic E-state index is 0.231. The molecule has 0 saturated heterocycles. The predicted octanol–water partition coefficient (Wildman–Crippen LogP) is 6.30. The maximum Gasteiger partial charge on any atom is 0.317 e. The summed E-state index contributed by atoms with van der Waals surface area (Å²) < 4.78 is 11.0. The lowest BCUT2D eigenvalue weighted by Gasteiger charge is -2.24. The maximum atomic E-state index is 12.0. The van der Waals surface area contributed by atoms with Crippen LogP contribution in [0.15, 0.2) is 54.6 Å². The highest BCUT2D eigenvalue weighted by atomic mass is 16.5. The van der Waals surface area contributed by atoms with E-state index in [1.807, 2.05) is 27.7 Å². The van der Waals surface area contributed by atoms with Gasteiger partial charge in [0.2, 0.25) is 0 Å². The van der Waals surface area contributed by atoms with Gasteiger partial charge in [0, 0.05) is 5.56 Å². The third kappa shape index (κ3) is 3.63. The summed E-state index contributed by atoms with van der Waals surface area (Å²) in [5, 5.41) is 0. The van der Waals surface area contributed by atoms with Crippen molar-refractivity contribution in [3.8, 4) is 16.9 Å². The molecule has 0 N–H and O–H groups in total. The van der Waals surface area contributed by atoms with E-state index in [2.05, 4.69) is 61.5 Å². The molecule has 0 fully saturated rings. The molecule has 1 aliphatic heterocycles. The average molecular weight is 415 g/mol. The van der Waals surface area contributed by atoms with Crippen molar-refractivity contribution in [2.75, 3.05) is 7.11 Å². The highest BCUT2D eigenvalue weighted by Gasteiger charge is 2.48. The zero-order chi connectivity index (χ0) is 22.3. The zero-order valence-electron chi connectivity index (χ0n) is 19.2. The van der Waals surface area contributed by atoms with Gasteiger partial charge in [0.25, 0.3) is 0 Å². The Hall–Kier alpha value is -3.07. The number of carbonyl (C=O) groups excluding carboxylic acids is 1. The molecule has 160 valence electrons. The summed E-state index contributed by atoms with van der Waals surface area (Å²) in [7, 11) is 1.42. The summed E-state index contributed by atoms with van der Waals surface area (Å²) in [5.41, 5.74) is 9.56. The molecule has 0 amide bonds. The fourth-order valence-electron chi connectivity index (χ4n) is 4.83. The van der Waals surface area contributed by atoms with Gasteiger partial charge in [0.05, 0.1) is 7.11 Å². The normalized spacial score (nSPS) is 16.9. The van der Waals surface area contributed by atoms with Crippen molar-refractivity contribution in [3.05, 3.63) is 88.0 Å². The van der Waals surface area contributed by atoms with E-state index < -0.39 is 5.60 Å². The van der Waals surface area contributed by atoms with Crippen LogP contribution in [-0.4, -0.2) is 18.7 Å². The highest BCUT2D eigenvalue weighted by Crippen LogP contribution is 2.49. The number of hydrogen-bond donors (Lipinski definition) is 0. The summed E-state index contributed by atoms with van der Waals surface area (Å²) >= 11 is 0. The quantitative estimate of drug-likeness (QED) is 0.343. The second kappa shape index (κ2) is 7.88. The van der Waals surface area contributed by atoms with Gasteiger partial charge in [-0.15, -0.1) is 0 Å². The van der Waals surface area contributed by atoms with Crippen molar-refractivity contribution in [2.24, 2.45) is 0 Å². The number of methoxy groups -OCH3 is 1. The molecule has 1 unspecified atom stereocenters. The zero-order valence-corrected chi connectivity index (χ0v) is 19.2. The number of rotatable bonds is 1. The number of benzene rings is 3. The van der Waals surface area contributed by atoms with Crippen LogP contribution in [0.3, 0.4) is 0 Å². The minimum atomic E-state index is -0.557. The number of esters is 1. The van der Waals surface area contributed by atoms with Crippen molar-refractivity contribution < 1.29 is 14.3 Å². The van der Waals surface area contributed by atoms with E-state index in [0.717, 1.165) is 28.9 Å². The molecule has 1 atom stereocenters. The van der Waals surface area contributed by atoms with Crippen LogP contribution in [0, 0.1) is 20.8 Å². The Bertz CT molecular complexity index is 1110. The van der Waals surface area contributed by atoms with E-state index in [-0.39, 0.29) is 11.9 Å². The van der Waals surface area contributed by atoms with Crippen LogP contribution >= 0.6 is 0 Å². The van der Waals surface area contributed by atoms with Crippen LogP contribution in [0.4, 0.5) is 0 Å². The molecular formula is C28H30O3. The number of carbonyl (C=O) groups is 1. The fourth-order valence-corrected chi connectivity index (χ4v) is 4.83. The Morgan fingerprint density at radius 1 is 0.935 bits per heavy atom. The smallest absolute Gasteiger partial charge is 0.317 e. The Morgan fingerprint density at radius 3 is 2.03 bits per heavy atom. The van der Waals surface area contributed by atoms with Gasteiger partial charge in [0.15, 0.2) is 0 Å². The second-order valence-electron chi connectivity index (χ2n) is 9.03. The van der Waals surface area contributed by atoms with Crippen LogP contribution in [0.2, 0.25) is 0 Å². The SMILES string of the molecule is COC(=O)C1c2c(C)cc(C)c(C)c2OC1(C)C.c1ccc2c(c1)Cc1ccccc1-2. The molecule has 0 bridgehead atoms. The van der Waals surface area contributed by atoms with Crippen molar-refractivity contribution in [1.29, 1.82) is 0 Å². The number of aryl methyl sites for hydroxylation is 2. The van der Waals surface area contributed by atoms with Crippen molar-refractivity contribution in [2.45, 2.75) is 52.6 Å². The second-order valence-corrected chi connectivity index (χ2v) is 9.03. The lowest BCUT2D eigenvalue weighted by atomic mass is 9.83. The molecule has 0 aromatic heterocycles. The Balaban J connectivity index is 0.000000156. The lowest BCUT2D eigenvalue weighted by Crippen LogP contribution is -2.35. The summed E-state index contributed by atoms with van der Waals surface area (Å²) in [6.45, 7) is 9.98. The van der Waals surface area contributed by atoms with E-state index in [1.165, 1.54) is 34.9 Å². The van der Waals surface area contributed by atoms with Gasteiger partial charge in [-0.25, -0.2) is 0 Å². The van der Waals surface area contributed by atoms with Crippen LogP contribution in [0.1, 0.15) is 53.1 Å². The number of fused-ring (bicyclic) bond motifs is 4. The van der Waals surface area contributed by atoms with Crippen LogP contribution in [-0.2, 0) is 16.0 Å². The Morgan fingerprint density at radius 2 is 1.48 bits per heavy atom. The molecule has 1 heterocycles. The van der Waals surface area contributed by atoms with E-state index in [1.54, 1.807) is 0 Å². The largest absolute Gasteiger partial charge is 0.486 e. The standard InChI is InChI=1S/C15H20O3.C13H10/c1-8-7-9(2)11-12(14(16)17-6)15(4,5)18-13(11)10(8)3;1-3-7-12-10(5-1)9-11-6-2-4-8-13(11)12/h7,12H,1-6H3;1-8H,9H2. The van der Waals surface area contributed by atoms with E-state index in [4.69, 9.17) is 9.47 Å². The third-order valence-electron chi connectivity index (χ3n) is 6.53. The molecule has 3 aromatic carbocycles. The van der Waals surface area contributed by atoms with Crippen LogP contribution in [0.25, 0.3) is 11.1 Å². The predicted molar refractivity (Wildman–Crippen MR) is 125 cm³/mol. The molecule has 1 aliphatic carbocycles. The van der Waals surface area contributed by atoms with Gasteiger partial charge in [-0.1, -0.05) is 54.6 Å². The first-order valence-electron chi connectivity index (χ1n) is 10.8. The monoisotopic (exact) mass is 414 g/mol. The molecule has 0 spiro atoms. The number of hydrogen-bond acceptors (Lipinski definition) is 3. The Kier molecular flexibility index (Phi) is 5.38. The summed E-state index contributed by atoms with van der Waals surface area (Å²) in [4.78, 5) is 12.0. The Labute approximate surface area is 185 Å². The van der Waals surface area contributed by atoms with E-state index in [0.29, 0.717) is 0 Å². The minimum Gasteiger partial charge on any atom is -0.486 e. The number of ether oxygens (including phenoxy) is 2. The van der Waals surface area contributed by atoms with Gasteiger partial charge in [0.1, 0.15) is 17.3 Å². The van der Waals surface area contributed by atoms with E-state index in [9.17, 15) is 4.79 Å². The van der Waals surface area contributed by atoms with Gasteiger partial charge < -0.3 is 9.47 Å². The topological polar surface area (TPSA) is 35.5 Å². The first-order valence-corrected chi connectivity index (χ1v) is 10.8. The van der Waals surface area contributed by atoms with Crippen molar-refractivity contribution in [1.82, 2.24) is 0 Å². The average Bonchev–Trinajstić information content (AvgIpc) is 3.26. The molecule has 3 aromatic rings. The maximum absolute atomic E-state index is 12.0. The van der Waals surface area contributed by atoms with Crippen molar-refractivity contribution in [3.63, 3.8) is 0 Å². The summed E-state index contributed by atoms with van der Waals surface area (Å²) in [6.07, 6.45) is 1.10. The molecule has 0 radical (unpaired) electrons. The fraction of sp³-hybridized carbons (Fsp3) is 0.321. The van der Waals surface area contributed by atoms with Crippen LogP contribution < -0.4 is 4.74 Å². The molecule has 3 heteroatoms. The van der Waals surface area contributed by atoms with Gasteiger partial charge >= 0.3 is 5.97 Å². The molecule has 3 nitrogen and oxygen atoms in total. The molecular weight excluding hydrogens is 384 g/mol. The first-order chi connectivity index (χ1) is 14.7. The van der Waals surface area contributed by atoms with Gasteiger partial charge in [-0.05, 0) is 80.0 Å². The van der Waals surface area contributed by atoms with Crippen molar-refractivity contribution >= 4 is 5.97 Å². The first kappa shape index (κ1) is 21.2. The van der Waals surface area contributed by atoms with Crippen LogP contribution in [0.5, 0.6) is 5.75 Å². The molecule has 31 heavy (non-hydrogen) atoms. The summed E-state index contributed by atoms with van der Waals surface area (Å²) in [5.74, 6) is 0.273. The molecule has 0 saturated carbocycles. The van der Waals surface area contributed by atoms with E-state index >= 15 is 0 Å². The highest BCUT2D eigenvalue weighted by molar-refractivity contribution is 5.83. The third-order valence-corrected chi connectivity index (χ3v) is 6.53. The molecule has 2 aliphatic rings. The summed E-state index contributed by atoms with van der Waals surface area (Å²) in [6, 6.07) is 19.4. The molecule has 5 rings (SSSR count). The van der Waals surface area contributed by atoms with Gasteiger partial charge in [-0.3, -0.25) is 4.79 Å². The van der Waals surface area contributed by atoms with Gasteiger partial charge in [-0.2, -0.15) is 0 Å². The lowest BCUT2D eigenvalue weighted by molar-refractivity contribution is -0.145.